The molecule has 0 bridgehead atoms. The SMILES string of the molecule is NCc1cccc(C2CCN(C(=O)c3ccc4c(ccn4CC(O)(C(=O)O)c4ccccc4)c3)CC2)c1. The zero-order valence-electron chi connectivity index (χ0n) is 20.6. The van der Waals surface area contributed by atoms with Crippen LogP contribution in [0.15, 0.2) is 85.1 Å². The molecule has 0 spiro atoms. The summed E-state index contributed by atoms with van der Waals surface area (Å²) < 4.78 is 1.71. The molecule has 1 unspecified atom stereocenters. The van der Waals surface area contributed by atoms with E-state index in [0.29, 0.717) is 36.7 Å². The van der Waals surface area contributed by atoms with Crippen LogP contribution in [0, 0.1) is 0 Å². The van der Waals surface area contributed by atoms with Crippen molar-refractivity contribution in [1.82, 2.24) is 9.47 Å². The number of hydrogen-bond donors (Lipinski definition) is 3. The van der Waals surface area contributed by atoms with Gasteiger partial charge in [0, 0.05) is 42.3 Å². The average molecular weight is 498 g/mol. The third-order valence-electron chi connectivity index (χ3n) is 7.46. The Balaban J connectivity index is 1.30. The van der Waals surface area contributed by atoms with Gasteiger partial charge in [-0.05, 0) is 59.7 Å². The normalized spacial score (nSPS) is 16.0. The number of nitrogens with two attached hydrogens (primary N) is 1. The molecular formula is C30H31N3O4. The molecule has 5 rings (SSSR count). The van der Waals surface area contributed by atoms with Crippen LogP contribution in [0.25, 0.3) is 10.9 Å². The maximum absolute atomic E-state index is 13.3. The number of rotatable bonds is 7. The lowest BCUT2D eigenvalue weighted by Gasteiger charge is -2.32. The summed E-state index contributed by atoms with van der Waals surface area (Å²) in [6.07, 6.45) is 3.56. The molecule has 37 heavy (non-hydrogen) atoms. The Morgan fingerprint density at radius 2 is 1.70 bits per heavy atom. The standard InChI is InChI=1S/C30H31N3O4/c31-19-21-5-4-6-23(17-21)22-11-14-32(15-12-22)28(34)25-9-10-27-24(18-25)13-16-33(27)20-30(37,29(35)36)26-7-2-1-3-8-26/h1-10,13,16-18,22,37H,11-12,14-15,19-20,31H2,(H,35,36). The summed E-state index contributed by atoms with van der Waals surface area (Å²) in [4.78, 5) is 27.2. The number of fused-ring (bicyclic) bond motifs is 1. The predicted octanol–water partition coefficient (Wildman–Crippen LogP) is 4.09. The second kappa shape index (κ2) is 10.2. The van der Waals surface area contributed by atoms with Gasteiger partial charge in [-0.25, -0.2) is 4.79 Å². The van der Waals surface area contributed by atoms with Crippen molar-refractivity contribution in [2.45, 2.75) is 37.5 Å². The van der Waals surface area contributed by atoms with Crippen LogP contribution < -0.4 is 5.73 Å². The van der Waals surface area contributed by atoms with Gasteiger partial charge in [0.2, 0.25) is 5.60 Å². The fourth-order valence-corrected chi connectivity index (χ4v) is 5.29. The molecule has 1 aromatic heterocycles. The van der Waals surface area contributed by atoms with Crippen LogP contribution in [0.4, 0.5) is 0 Å². The third-order valence-corrected chi connectivity index (χ3v) is 7.46. The van der Waals surface area contributed by atoms with Gasteiger partial charge in [-0.2, -0.15) is 0 Å². The summed E-state index contributed by atoms with van der Waals surface area (Å²) in [5.74, 6) is -0.898. The summed E-state index contributed by atoms with van der Waals surface area (Å²) in [6, 6.07) is 24.1. The molecule has 0 radical (unpaired) electrons. The van der Waals surface area contributed by atoms with E-state index in [-0.39, 0.29) is 12.5 Å². The van der Waals surface area contributed by atoms with Crippen molar-refractivity contribution in [2.24, 2.45) is 5.73 Å². The molecule has 190 valence electrons. The highest BCUT2D eigenvalue weighted by Crippen LogP contribution is 2.30. The topological polar surface area (TPSA) is 109 Å². The van der Waals surface area contributed by atoms with Crippen LogP contribution in [-0.2, 0) is 23.5 Å². The smallest absolute Gasteiger partial charge is 0.342 e. The second-order valence-electron chi connectivity index (χ2n) is 9.76. The molecule has 7 heteroatoms. The number of carbonyl (C=O) groups excluding carboxylic acids is 1. The number of carbonyl (C=O) groups is 2. The minimum Gasteiger partial charge on any atom is -0.479 e. The summed E-state index contributed by atoms with van der Waals surface area (Å²) in [7, 11) is 0. The summed E-state index contributed by atoms with van der Waals surface area (Å²) >= 11 is 0. The third kappa shape index (κ3) is 4.88. The van der Waals surface area contributed by atoms with Crippen molar-refractivity contribution in [2.75, 3.05) is 13.1 Å². The Hall–Kier alpha value is -3.94. The Labute approximate surface area is 215 Å². The zero-order valence-corrected chi connectivity index (χ0v) is 20.6. The number of carboxylic acids is 1. The number of carboxylic acid groups (broad SMARTS) is 1. The lowest BCUT2D eigenvalue weighted by molar-refractivity contribution is -0.161. The molecule has 7 nitrogen and oxygen atoms in total. The van der Waals surface area contributed by atoms with E-state index in [9.17, 15) is 19.8 Å². The van der Waals surface area contributed by atoms with Crippen molar-refractivity contribution in [1.29, 1.82) is 0 Å². The van der Waals surface area contributed by atoms with E-state index in [2.05, 4.69) is 12.1 Å². The number of likely N-dealkylation sites (tertiary alicyclic amines) is 1. The number of hydrogen-bond acceptors (Lipinski definition) is 4. The fraction of sp³-hybridized carbons (Fsp3) is 0.267. The fourth-order valence-electron chi connectivity index (χ4n) is 5.29. The molecule has 0 aliphatic carbocycles. The summed E-state index contributed by atoms with van der Waals surface area (Å²) in [5.41, 5.74) is 7.80. The molecule has 4 aromatic rings. The first-order valence-electron chi connectivity index (χ1n) is 12.6. The first-order valence-corrected chi connectivity index (χ1v) is 12.6. The number of piperidine rings is 1. The van der Waals surface area contributed by atoms with Gasteiger partial charge < -0.3 is 25.4 Å². The van der Waals surface area contributed by atoms with Crippen molar-refractivity contribution in [3.8, 4) is 0 Å². The number of nitrogens with zero attached hydrogens (tertiary/aromatic N) is 2. The van der Waals surface area contributed by atoms with Crippen molar-refractivity contribution >= 4 is 22.8 Å². The van der Waals surface area contributed by atoms with E-state index in [1.165, 1.54) is 5.56 Å². The number of aliphatic carboxylic acids is 1. The quantitative estimate of drug-likeness (QED) is 0.356. The van der Waals surface area contributed by atoms with Gasteiger partial charge in [0.05, 0.1) is 6.54 Å². The molecular weight excluding hydrogens is 466 g/mol. The highest BCUT2D eigenvalue weighted by molar-refractivity contribution is 5.98. The Bertz CT molecular complexity index is 1420. The Morgan fingerprint density at radius 3 is 2.41 bits per heavy atom. The van der Waals surface area contributed by atoms with E-state index in [0.717, 1.165) is 29.3 Å². The first-order chi connectivity index (χ1) is 17.9. The van der Waals surface area contributed by atoms with Crippen molar-refractivity contribution < 1.29 is 19.8 Å². The van der Waals surface area contributed by atoms with Crippen molar-refractivity contribution in [3.05, 3.63) is 107 Å². The van der Waals surface area contributed by atoms with E-state index in [1.807, 2.05) is 35.2 Å². The van der Waals surface area contributed by atoms with E-state index >= 15 is 0 Å². The molecule has 3 aromatic carbocycles. The van der Waals surface area contributed by atoms with Crippen LogP contribution >= 0.6 is 0 Å². The molecule has 0 saturated carbocycles. The van der Waals surface area contributed by atoms with E-state index in [1.54, 1.807) is 47.2 Å². The highest BCUT2D eigenvalue weighted by atomic mass is 16.4. The lowest BCUT2D eigenvalue weighted by atomic mass is 9.88. The maximum Gasteiger partial charge on any atom is 0.342 e. The minimum absolute atomic E-state index is 0.00450. The Morgan fingerprint density at radius 1 is 0.946 bits per heavy atom. The van der Waals surface area contributed by atoms with Gasteiger partial charge in [-0.1, -0.05) is 54.6 Å². The lowest BCUT2D eigenvalue weighted by Crippen LogP contribution is -2.39. The number of amides is 1. The van der Waals surface area contributed by atoms with Crippen LogP contribution in [-0.4, -0.2) is 44.6 Å². The van der Waals surface area contributed by atoms with Gasteiger partial charge in [0.1, 0.15) is 0 Å². The molecule has 1 fully saturated rings. The number of benzene rings is 3. The molecule has 1 saturated heterocycles. The molecule has 1 aliphatic rings. The van der Waals surface area contributed by atoms with Gasteiger partial charge in [0.25, 0.3) is 5.91 Å². The summed E-state index contributed by atoms with van der Waals surface area (Å²) in [6.45, 7) is 1.76. The first kappa shape index (κ1) is 24.7. The van der Waals surface area contributed by atoms with Gasteiger partial charge in [-0.3, -0.25) is 4.79 Å². The van der Waals surface area contributed by atoms with Crippen LogP contribution in [0.2, 0.25) is 0 Å². The molecule has 1 aliphatic heterocycles. The molecule has 4 N–H and O–H groups in total. The average Bonchev–Trinajstić information content (AvgIpc) is 3.34. The van der Waals surface area contributed by atoms with Crippen LogP contribution in [0.3, 0.4) is 0 Å². The van der Waals surface area contributed by atoms with Gasteiger partial charge >= 0.3 is 5.97 Å². The van der Waals surface area contributed by atoms with Crippen LogP contribution in [0.5, 0.6) is 0 Å². The maximum atomic E-state index is 13.3. The molecule has 1 amide bonds. The molecule has 2 heterocycles. The largest absolute Gasteiger partial charge is 0.479 e. The summed E-state index contributed by atoms with van der Waals surface area (Å²) in [5, 5.41) is 21.7. The van der Waals surface area contributed by atoms with Gasteiger partial charge in [-0.15, -0.1) is 0 Å². The zero-order chi connectivity index (χ0) is 26.0. The Kier molecular flexibility index (Phi) is 6.82. The predicted molar refractivity (Wildman–Crippen MR) is 142 cm³/mol. The molecule has 1 atom stereocenters. The van der Waals surface area contributed by atoms with E-state index in [4.69, 9.17) is 5.73 Å². The number of aliphatic hydroxyl groups is 1. The van der Waals surface area contributed by atoms with Gasteiger partial charge in [0.15, 0.2) is 0 Å². The van der Waals surface area contributed by atoms with Crippen molar-refractivity contribution in [3.63, 3.8) is 0 Å². The van der Waals surface area contributed by atoms with E-state index < -0.39 is 11.6 Å². The second-order valence-corrected chi connectivity index (χ2v) is 9.76. The minimum atomic E-state index is -2.07. The van der Waals surface area contributed by atoms with Crippen LogP contribution in [0.1, 0.15) is 45.8 Å². The monoisotopic (exact) mass is 497 g/mol. The highest BCUT2D eigenvalue weighted by Gasteiger charge is 2.38. The number of aromatic nitrogens is 1.